The Bertz CT molecular complexity index is 708. The predicted octanol–water partition coefficient (Wildman–Crippen LogP) is 2.81. The number of morpholine rings is 1. The average molecular weight is 312 g/mol. The second-order valence-corrected chi connectivity index (χ2v) is 5.31. The number of ether oxygens (including phenoxy) is 2. The van der Waals surface area contributed by atoms with Crippen molar-refractivity contribution in [3.63, 3.8) is 0 Å². The molecule has 2 aromatic carbocycles. The molecular formula is C18H17FN2O2. The molecule has 0 spiro atoms. The van der Waals surface area contributed by atoms with Crippen LogP contribution in [0.25, 0.3) is 0 Å². The molecule has 5 heteroatoms. The highest BCUT2D eigenvalue weighted by Gasteiger charge is 2.28. The monoisotopic (exact) mass is 312 g/mol. The molecular weight excluding hydrogens is 295 g/mol. The zero-order valence-corrected chi connectivity index (χ0v) is 12.5. The van der Waals surface area contributed by atoms with Crippen LogP contribution in [0.5, 0.6) is 5.75 Å². The lowest BCUT2D eigenvalue weighted by molar-refractivity contribution is -0.0434. The van der Waals surface area contributed by atoms with Gasteiger partial charge in [-0.2, -0.15) is 5.26 Å². The van der Waals surface area contributed by atoms with Gasteiger partial charge in [-0.1, -0.05) is 24.3 Å². The Balaban J connectivity index is 1.93. The van der Waals surface area contributed by atoms with Crippen LogP contribution in [-0.4, -0.2) is 25.8 Å². The van der Waals surface area contributed by atoms with E-state index in [2.05, 4.69) is 11.4 Å². The molecule has 0 amide bonds. The number of para-hydroxylation sites is 1. The largest absolute Gasteiger partial charge is 0.482 e. The van der Waals surface area contributed by atoms with Crippen molar-refractivity contribution in [2.75, 3.05) is 19.7 Å². The van der Waals surface area contributed by atoms with Gasteiger partial charge in [0.25, 0.3) is 0 Å². The molecule has 1 N–H and O–H groups in total. The topological polar surface area (TPSA) is 54.3 Å². The lowest BCUT2D eigenvalue weighted by Crippen LogP contribution is -2.43. The first-order valence-electron chi connectivity index (χ1n) is 7.51. The maximum Gasteiger partial charge on any atom is 0.151 e. The minimum atomic E-state index is -0.493. The fourth-order valence-corrected chi connectivity index (χ4v) is 2.62. The van der Waals surface area contributed by atoms with Crippen molar-refractivity contribution >= 4 is 0 Å². The molecule has 0 bridgehead atoms. The van der Waals surface area contributed by atoms with Crippen LogP contribution in [0.1, 0.15) is 17.2 Å². The normalized spacial score (nSPS) is 18.9. The zero-order valence-electron chi connectivity index (χ0n) is 12.5. The first-order chi connectivity index (χ1) is 11.3. The van der Waals surface area contributed by atoms with Crippen LogP contribution in [0.2, 0.25) is 0 Å². The van der Waals surface area contributed by atoms with Gasteiger partial charge in [-0.25, -0.2) is 4.39 Å². The highest BCUT2D eigenvalue weighted by atomic mass is 19.1. The second kappa shape index (κ2) is 7.23. The highest BCUT2D eigenvalue weighted by molar-refractivity contribution is 5.43. The van der Waals surface area contributed by atoms with Gasteiger partial charge in [0, 0.05) is 13.1 Å². The lowest BCUT2D eigenvalue weighted by atomic mass is 10.0. The van der Waals surface area contributed by atoms with Crippen molar-refractivity contribution < 1.29 is 13.9 Å². The molecule has 0 aromatic heterocycles. The maximum absolute atomic E-state index is 13.6. The minimum absolute atomic E-state index is 0.253. The fraction of sp³-hybridized carbons (Fsp3) is 0.278. The van der Waals surface area contributed by atoms with E-state index < -0.39 is 6.10 Å². The van der Waals surface area contributed by atoms with Crippen LogP contribution in [0.4, 0.5) is 4.39 Å². The third-order valence-electron chi connectivity index (χ3n) is 3.73. The molecule has 1 saturated heterocycles. The molecule has 2 aromatic rings. The summed E-state index contributed by atoms with van der Waals surface area (Å²) in [6.07, 6.45) is -0.745. The van der Waals surface area contributed by atoms with Gasteiger partial charge in [-0.3, -0.25) is 0 Å². The molecule has 1 heterocycles. The Labute approximate surface area is 134 Å². The Morgan fingerprint density at radius 1 is 1.26 bits per heavy atom. The Kier molecular flexibility index (Phi) is 4.86. The first kappa shape index (κ1) is 15.5. The SMILES string of the molecule is N#Cc1ccccc1O[C@@H](c1cccc(F)c1)[C@@H]1CNCCO1. The van der Waals surface area contributed by atoms with Crippen LogP contribution in [0.3, 0.4) is 0 Å². The van der Waals surface area contributed by atoms with E-state index >= 15 is 0 Å². The standard InChI is InChI=1S/C18H17FN2O2/c19-15-6-3-5-13(10-15)18(17-12-21-8-9-22-17)23-16-7-2-1-4-14(16)11-20/h1-7,10,17-18,21H,8-9,12H2/t17-,18-/m0/s1. The molecule has 1 aliphatic rings. The number of halogens is 1. The number of nitriles is 1. The van der Waals surface area contributed by atoms with Crippen molar-refractivity contribution in [1.29, 1.82) is 5.26 Å². The van der Waals surface area contributed by atoms with Gasteiger partial charge in [-0.05, 0) is 29.8 Å². The van der Waals surface area contributed by atoms with Crippen LogP contribution >= 0.6 is 0 Å². The van der Waals surface area contributed by atoms with E-state index in [1.807, 2.05) is 0 Å². The van der Waals surface area contributed by atoms with Gasteiger partial charge in [0.1, 0.15) is 23.7 Å². The molecule has 0 saturated carbocycles. The van der Waals surface area contributed by atoms with Gasteiger partial charge in [0.15, 0.2) is 6.10 Å². The van der Waals surface area contributed by atoms with Crippen molar-refractivity contribution in [2.45, 2.75) is 12.2 Å². The third kappa shape index (κ3) is 3.67. The fourth-order valence-electron chi connectivity index (χ4n) is 2.62. The summed E-state index contributed by atoms with van der Waals surface area (Å²) in [5.41, 5.74) is 1.13. The number of benzene rings is 2. The molecule has 118 valence electrons. The zero-order chi connectivity index (χ0) is 16.1. The van der Waals surface area contributed by atoms with Crippen molar-refractivity contribution in [2.24, 2.45) is 0 Å². The molecule has 2 atom stereocenters. The lowest BCUT2D eigenvalue weighted by Gasteiger charge is -2.31. The molecule has 1 fully saturated rings. The van der Waals surface area contributed by atoms with Crippen molar-refractivity contribution in [3.8, 4) is 11.8 Å². The van der Waals surface area contributed by atoms with E-state index in [9.17, 15) is 9.65 Å². The summed E-state index contributed by atoms with van der Waals surface area (Å²) in [4.78, 5) is 0. The van der Waals surface area contributed by atoms with E-state index in [4.69, 9.17) is 9.47 Å². The minimum Gasteiger partial charge on any atom is -0.482 e. The first-order valence-corrected chi connectivity index (χ1v) is 7.51. The number of hydrogen-bond acceptors (Lipinski definition) is 4. The number of nitrogens with one attached hydrogen (secondary N) is 1. The number of hydrogen-bond donors (Lipinski definition) is 1. The third-order valence-corrected chi connectivity index (χ3v) is 3.73. The van der Waals surface area contributed by atoms with Crippen LogP contribution in [-0.2, 0) is 4.74 Å². The van der Waals surface area contributed by atoms with Gasteiger partial charge in [0.2, 0.25) is 0 Å². The summed E-state index contributed by atoms with van der Waals surface area (Å²) in [6, 6.07) is 15.4. The Morgan fingerprint density at radius 2 is 2.13 bits per heavy atom. The molecule has 4 nitrogen and oxygen atoms in total. The molecule has 0 aliphatic carbocycles. The summed E-state index contributed by atoms with van der Waals surface area (Å²) < 4.78 is 25.5. The number of nitrogens with zero attached hydrogens (tertiary/aromatic N) is 1. The quantitative estimate of drug-likeness (QED) is 0.943. The van der Waals surface area contributed by atoms with Crippen LogP contribution in [0, 0.1) is 17.1 Å². The summed E-state index contributed by atoms with van der Waals surface area (Å²) in [7, 11) is 0. The molecule has 1 aliphatic heterocycles. The summed E-state index contributed by atoms with van der Waals surface area (Å²) in [6.45, 7) is 1.96. The number of rotatable bonds is 4. The summed E-state index contributed by atoms with van der Waals surface area (Å²) >= 11 is 0. The van der Waals surface area contributed by atoms with E-state index in [0.29, 0.717) is 30.0 Å². The highest BCUT2D eigenvalue weighted by Crippen LogP contribution is 2.29. The van der Waals surface area contributed by atoms with E-state index in [-0.39, 0.29) is 11.9 Å². The van der Waals surface area contributed by atoms with Crippen molar-refractivity contribution in [1.82, 2.24) is 5.32 Å². The predicted molar refractivity (Wildman–Crippen MR) is 83.5 cm³/mol. The average Bonchev–Trinajstić information content (AvgIpc) is 2.60. The Morgan fingerprint density at radius 3 is 2.87 bits per heavy atom. The maximum atomic E-state index is 13.6. The summed E-state index contributed by atoms with van der Waals surface area (Å²) in [5.74, 6) is 0.145. The van der Waals surface area contributed by atoms with Gasteiger partial charge < -0.3 is 14.8 Å². The molecule has 0 unspecified atom stereocenters. The van der Waals surface area contributed by atoms with Gasteiger partial charge in [-0.15, -0.1) is 0 Å². The van der Waals surface area contributed by atoms with Crippen LogP contribution < -0.4 is 10.1 Å². The van der Waals surface area contributed by atoms with Crippen molar-refractivity contribution in [3.05, 3.63) is 65.5 Å². The molecule has 23 heavy (non-hydrogen) atoms. The molecule has 3 rings (SSSR count). The van der Waals surface area contributed by atoms with Gasteiger partial charge >= 0.3 is 0 Å². The van der Waals surface area contributed by atoms with E-state index in [1.165, 1.54) is 12.1 Å². The van der Waals surface area contributed by atoms with E-state index in [0.717, 1.165) is 6.54 Å². The van der Waals surface area contributed by atoms with E-state index in [1.54, 1.807) is 36.4 Å². The molecule has 0 radical (unpaired) electrons. The van der Waals surface area contributed by atoms with Gasteiger partial charge in [0.05, 0.1) is 12.2 Å². The second-order valence-electron chi connectivity index (χ2n) is 5.31. The smallest absolute Gasteiger partial charge is 0.151 e. The van der Waals surface area contributed by atoms with Crippen LogP contribution in [0.15, 0.2) is 48.5 Å². The Hall–Kier alpha value is -2.42. The summed E-state index contributed by atoms with van der Waals surface area (Å²) in [5, 5.41) is 12.5.